The van der Waals surface area contributed by atoms with Gasteiger partial charge in [-0.25, -0.2) is 0 Å². The third-order valence-electron chi connectivity index (χ3n) is 2.85. The van der Waals surface area contributed by atoms with Crippen LogP contribution in [0.4, 0.5) is 0 Å². The molecule has 1 rings (SSSR count). The molecule has 0 amide bonds. The zero-order chi connectivity index (χ0) is 13.4. The minimum Gasteiger partial charge on any atom is -0.491 e. The van der Waals surface area contributed by atoms with Gasteiger partial charge in [-0.2, -0.15) is 0 Å². The smallest absolute Gasteiger partial charge is 0.122 e. The summed E-state index contributed by atoms with van der Waals surface area (Å²) in [6, 6.07) is 6.15. The van der Waals surface area contributed by atoms with Crippen molar-refractivity contribution >= 4 is 0 Å². The van der Waals surface area contributed by atoms with Crippen LogP contribution in [0.1, 0.15) is 43.9 Å². The molecule has 0 heterocycles. The maximum atomic E-state index is 5.84. The van der Waals surface area contributed by atoms with Crippen LogP contribution in [0.15, 0.2) is 18.2 Å². The molecule has 0 spiro atoms. The lowest BCUT2D eigenvalue weighted by atomic mass is 10.1. The van der Waals surface area contributed by atoms with Crippen LogP contribution < -0.4 is 10.5 Å². The molecule has 0 aliphatic heterocycles. The van der Waals surface area contributed by atoms with E-state index in [-0.39, 0.29) is 6.04 Å². The first kappa shape index (κ1) is 15.0. The van der Waals surface area contributed by atoms with Gasteiger partial charge in [0.25, 0.3) is 0 Å². The van der Waals surface area contributed by atoms with Crippen LogP contribution in [-0.4, -0.2) is 19.8 Å². The second kappa shape index (κ2) is 8.11. The predicted molar refractivity (Wildman–Crippen MR) is 75.0 cm³/mol. The molecule has 0 aromatic heterocycles. The lowest BCUT2D eigenvalue weighted by Crippen LogP contribution is -2.09. The summed E-state index contributed by atoms with van der Waals surface area (Å²) in [5, 5.41) is 0. The number of hydrogen-bond acceptors (Lipinski definition) is 3. The molecule has 18 heavy (non-hydrogen) atoms. The molecule has 0 saturated carbocycles. The van der Waals surface area contributed by atoms with E-state index in [4.69, 9.17) is 15.2 Å². The summed E-state index contributed by atoms with van der Waals surface area (Å²) in [7, 11) is 0. The van der Waals surface area contributed by atoms with E-state index in [2.05, 4.69) is 13.0 Å². The van der Waals surface area contributed by atoms with Gasteiger partial charge in [0.1, 0.15) is 12.4 Å². The summed E-state index contributed by atoms with van der Waals surface area (Å²) in [5.74, 6) is 0.915. The van der Waals surface area contributed by atoms with E-state index >= 15 is 0 Å². The Morgan fingerprint density at radius 3 is 2.61 bits per heavy atom. The molecule has 1 aromatic rings. The van der Waals surface area contributed by atoms with Gasteiger partial charge in [-0.15, -0.1) is 0 Å². The Labute approximate surface area is 110 Å². The highest BCUT2D eigenvalue weighted by Crippen LogP contribution is 2.21. The Bertz CT molecular complexity index is 350. The molecule has 3 nitrogen and oxygen atoms in total. The van der Waals surface area contributed by atoms with E-state index in [9.17, 15) is 0 Å². The lowest BCUT2D eigenvalue weighted by Gasteiger charge is -2.12. The number of rotatable bonds is 8. The number of hydrogen-bond donors (Lipinski definition) is 1. The molecule has 0 saturated heterocycles. The first-order valence-corrected chi connectivity index (χ1v) is 6.71. The van der Waals surface area contributed by atoms with Gasteiger partial charge in [0, 0.05) is 12.6 Å². The summed E-state index contributed by atoms with van der Waals surface area (Å²) in [4.78, 5) is 0. The van der Waals surface area contributed by atoms with Crippen LogP contribution in [0.2, 0.25) is 0 Å². The van der Waals surface area contributed by atoms with Gasteiger partial charge in [-0.3, -0.25) is 0 Å². The lowest BCUT2D eigenvalue weighted by molar-refractivity contribution is 0.0978. The molecule has 0 fully saturated rings. The van der Waals surface area contributed by atoms with Crippen molar-refractivity contribution in [2.45, 2.75) is 39.7 Å². The fraction of sp³-hybridized carbons (Fsp3) is 0.600. The fourth-order valence-electron chi connectivity index (χ4n) is 1.68. The Hall–Kier alpha value is -1.06. The van der Waals surface area contributed by atoms with E-state index in [1.165, 1.54) is 6.42 Å². The maximum Gasteiger partial charge on any atom is 0.122 e. The number of unbranched alkanes of at least 4 members (excludes halogenated alkanes) is 1. The number of benzene rings is 1. The molecule has 1 unspecified atom stereocenters. The quantitative estimate of drug-likeness (QED) is 0.722. The third kappa shape index (κ3) is 5.07. The largest absolute Gasteiger partial charge is 0.491 e. The second-order valence-corrected chi connectivity index (χ2v) is 4.63. The molecule has 1 aromatic carbocycles. The van der Waals surface area contributed by atoms with Crippen LogP contribution in [0.5, 0.6) is 5.75 Å². The van der Waals surface area contributed by atoms with E-state index < -0.39 is 0 Å². The van der Waals surface area contributed by atoms with Crippen molar-refractivity contribution in [2.75, 3.05) is 19.8 Å². The first-order valence-electron chi connectivity index (χ1n) is 6.71. The number of aryl methyl sites for hydroxylation is 1. The standard InChI is InChI=1S/C15H25NO2/c1-4-5-8-17-9-10-18-15-7-6-14(13(3)16)11-12(15)2/h6-7,11,13H,4-5,8-10,16H2,1-3H3. The van der Waals surface area contributed by atoms with Gasteiger partial charge in [0.05, 0.1) is 6.61 Å². The first-order chi connectivity index (χ1) is 8.65. The van der Waals surface area contributed by atoms with Crippen LogP contribution >= 0.6 is 0 Å². The fourth-order valence-corrected chi connectivity index (χ4v) is 1.68. The molecule has 0 aliphatic carbocycles. The summed E-state index contributed by atoms with van der Waals surface area (Å²) < 4.78 is 11.1. The van der Waals surface area contributed by atoms with Gasteiger partial charge in [-0.1, -0.05) is 25.5 Å². The predicted octanol–water partition coefficient (Wildman–Crippen LogP) is 3.21. The molecule has 2 N–H and O–H groups in total. The third-order valence-corrected chi connectivity index (χ3v) is 2.85. The van der Waals surface area contributed by atoms with Crippen molar-refractivity contribution in [1.82, 2.24) is 0 Å². The van der Waals surface area contributed by atoms with Crippen molar-refractivity contribution in [3.05, 3.63) is 29.3 Å². The molecule has 102 valence electrons. The van der Waals surface area contributed by atoms with Gasteiger partial charge in [0.2, 0.25) is 0 Å². The molecule has 0 radical (unpaired) electrons. The minimum absolute atomic E-state index is 0.0649. The summed E-state index contributed by atoms with van der Waals surface area (Å²) in [6.45, 7) is 8.25. The van der Waals surface area contributed by atoms with E-state index in [0.29, 0.717) is 13.2 Å². The van der Waals surface area contributed by atoms with Crippen molar-refractivity contribution < 1.29 is 9.47 Å². The Morgan fingerprint density at radius 1 is 1.22 bits per heavy atom. The number of nitrogens with two attached hydrogens (primary N) is 1. The van der Waals surface area contributed by atoms with Crippen LogP contribution in [0.3, 0.4) is 0 Å². The monoisotopic (exact) mass is 251 g/mol. The van der Waals surface area contributed by atoms with Crippen molar-refractivity contribution in [1.29, 1.82) is 0 Å². The van der Waals surface area contributed by atoms with Crippen molar-refractivity contribution in [3.63, 3.8) is 0 Å². The minimum atomic E-state index is 0.0649. The van der Waals surface area contributed by atoms with Crippen molar-refractivity contribution in [3.8, 4) is 5.75 Å². The summed E-state index contributed by atoms with van der Waals surface area (Å²) in [5.41, 5.74) is 8.10. The van der Waals surface area contributed by atoms with Gasteiger partial charge < -0.3 is 15.2 Å². The average molecular weight is 251 g/mol. The molecular weight excluding hydrogens is 226 g/mol. The van der Waals surface area contributed by atoms with Crippen molar-refractivity contribution in [2.24, 2.45) is 5.73 Å². The normalized spacial score (nSPS) is 12.4. The Morgan fingerprint density at radius 2 is 2.00 bits per heavy atom. The van der Waals surface area contributed by atoms with Gasteiger partial charge in [-0.05, 0) is 37.5 Å². The van der Waals surface area contributed by atoms with E-state index in [0.717, 1.165) is 29.9 Å². The molecular formula is C15H25NO2. The maximum absolute atomic E-state index is 5.84. The van der Waals surface area contributed by atoms with Gasteiger partial charge in [0.15, 0.2) is 0 Å². The highest BCUT2D eigenvalue weighted by Gasteiger charge is 2.04. The molecule has 0 bridgehead atoms. The Kier molecular flexibility index (Phi) is 6.76. The van der Waals surface area contributed by atoms with E-state index in [1.807, 2.05) is 26.0 Å². The van der Waals surface area contributed by atoms with Crippen LogP contribution in [0.25, 0.3) is 0 Å². The summed E-state index contributed by atoms with van der Waals surface area (Å²) >= 11 is 0. The van der Waals surface area contributed by atoms with Crippen LogP contribution in [0, 0.1) is 6.92 Å². The van der Waals surface area contributed by atoms with E-state index in [1.54, 1.807) is 0 Å². The topological polar surface area (TPSA) is 44.5 Å². The highest BCUT2D eigenvalue weighted by atomic mass is 16.5. The number of ether oxygens (including phenoxy) is 2. The highest BCUT2D eigenvalue weighted by molar-refractivity contribution is 5.37. The zero-order valence-corrected chi connectivity index (χ0v) is 11.7. The molecule has 0 aliphatic rings. The zero-order valence-electron chi connectivity index (χ0n) is 11.7. The molecule has 3 heteroatoms. The Balaban J connectivity index is 2.34. The van der Waals surface area contributed by atoms with Gasteiger partial charge >= 0.3 is 0 Å². The average Bonchev–Trinajstić information content (AvgIpc) is 2.35. The summed E-state index contributed by atoms with van der Waals surface area (Å²) in [6.07, 6.45) is 2.28. The molecule has 1 atom stereocenters. The second-order valence-electron chi connectivity index (χ2n) is 4.63. The SMILES string of the molecule is CCCCOCCOc1ccc(C(C)N)cc1C. The van der Waals surface area contributed by atoms with Crippen LogP contribution in [-0.2, 0) is 4.74 Å².